The average molecular weight is 257 g/mol. The fourth-order valence-electron chi connectivity index (χ4n) is 1.37. The molecule has 0 amide bonds. The zero-order valence-electron chi connectivity index (χ0n) is 8.73. The molecule has 0 unspecified atom stereocenters. The topological polar surface area (TPSA) is 44.2 Å². The fourth-order valence-corrected chi connectivity index (χ4v) is 2.25. The maximum absolute atomic E-state index is 5.76. The minimum Gasteiger partial charge on any atom is -0.496 e. The number of aromatic nitrogens is 2. The van der Waals surface area contributed by atoms with Crippen LogP contribution in [0.2, 0.25) is 4.47 Å². The second kappa shape index (κ2) is 4.67. The van der Waals surface area contributed by atoms with E-state index in [0.29, 0.717) is 21.0 Å². The van der Waals surface area contributed by atoms with Crippen LogP contribution in [-0.4, -0.2) is 24.4 Å². The van der Waals surface area contributed by atoms with Gasteiger partial charge < -0.3 is 9.47 Å². The van der Waals surface area contributed by atoms with Gasteiger partial charge in [0.2, 0.25) is 4.47 Å². The largest absolute Gasteiger partial charge is 0.496 e. The lowest BCUT2D eigenvalue weighted by molar-refractivity contribution is 0.397. The molecular formula is C10H9ClN2O2S. The van der Waals surface area contributed by atoms with E-state index in [1.807, 2.05) is 18.2 Å². The molecule has 84 valence electrons. The van der Waals surface area contributed by atoms with Gasteiger partial charge in [0.25, 0.3) is 0 Å². The van der Waals surface area contributed by atoms with Gasteiger partial charge in [0.15, 0.2) is 5.01 Å². The first-order valence-corrected chi connectivity index (χ1v) is 5.66. The molecule has 1 aromatic heterocycles. The monoisotopic (exact) mass is 256 g/mol. The van der Waals surface area contributed by atoms with Gasteiger partial charge in [-0.2, -0.15) is 0 Å². The lowest BCUT2D eigenvalue weighted by Crippen LogP contribution is -1.92. The van der Waals surface area contributed by atoms with E-state index in [1.54, 1.807) is 14.2 Å². The second-order valence-electron chi connectivity index (χ2n) is 2.90. The van der Waals surface area contributed by atoms with Crippen LogP contribution in [0.1, 0.15) is 0 Å². The van der Waals surface area contributed by atoms with Gasteiger partial charge in [-0.3, -0.25) is 0 Å². The summed E-state index contributed by atoms with van der Waals surface area (Å²) in [7, 11) is 3.20. The second-order valence-corrected chi connectivity index (χ2v) is 4.46. The predicted molar refractivity (Wildman–Crippen MR) is 63.5 cm³/mol. The Morgan fingerprint density at radius 2 is 1.75 bits per heavy atom. The van der Waals surface area contributed by atoms with Gasteiger partial charge in [-0.25, -0.2) is 0 Å². The Bertz CT molecular complexity index is 479. The molecular weight excluding hydrogens is 248 g/mol. The predicted octanol–water partition coefficient (Wildman–Crippen LogP) is 2.88. The zero-order valence-corrected chi connectivity index (χ0v) is 10.3. The van der Waals surface area contributed by atoms with Crippen LogP contribution in [0.3, 0.4) is 0 Å². The molecule has 0 spiro atoms. The highest BCUT2D eigenvalue weighted by atomic mass is 35.5. The Morgan fingerprint density at radius 3 is 2.19 bits per heavy atom. The summed E-state index contributed by atoms with van der Waals surface area (Å²) < 4.78 is 10.9. The fraction of sp³-hybridized carbons (Fsp3) is 0.200. The number of rotatable bonds is 3. The maximum atomic E-state index is 5.76. The summed E-state index contributed by atoms with van der Waals surface area (Å²) in [6.07, 6.45) is 0. The van der Waals surface area contributed by atoms with Gasteiger partial charge in [-0.15, -0.1) is 10.2 Å². The maximum Gasteiger partial charge on any atom is 0.207 e. The van der Waals surface area contributed by atoms with Crippen molar-refractivity contribution in [2.75, 3.05) is 14.2 Å². The molecule has 6 heteroatoms. The van der Waals surface area contributed by atoms with Crippen molar-refractivity contribution in [3.63, 3.8) is 0 Å². The van der Waals surface area contributed by atoms with E-state index in [2.05, 4.69) is 10.2 Å². The van der Waals surface area contributed by atoms with E-state index < -0.39 is 0 Å². The van der Waals surface area contributed by atoms with Crippen LogP contribution in [0.15, 0.2) is 18.2 Å². The van der Waals surface area contributed by atoms with Crippen molar-refractivity contribution in [2.45, 2.75) is 0 Å². The minimum atomic E-state index is 0.392. The third kappa shape index (κ3) is 1.96. The Hall–Kier alpha value is -1.33. The molecule has 0 aliphatic heterocycles. The van der Waals surface area contributed by atoms with Crippen LogP contribution >= 0.6 is 22.9 Å². The quantitative estimate of drug-likeness (QED) is 0.847. The van der Waals surface area contributed by atoms with Crippen LogP contribution in [0, 0.1) is 0 Å². The molecule has 0 saturated carbocycles. The summed E-state index contributed by atoms with van der Waals surface area (Å²) in [5, 5.41) is 8.43. The van der Waals surface area contributed by atoms with E-state index in [4.69, 9.17) is 21.1 Å². The molecule has 0 saturated heterocycles. The number of benzene rings is 1. The van der Waals surface area contributed by atoms with Gasteiger partial charge in [-0.1, -0.05) is 17.4 Å². The first kappa shape index (κ1) is 11.2. The highest BCUT2D eigenvalue weighted by Crippen LogP contribution is 2.40. The van der Waals surface area contributed by atoms with Crippen molar-refractivity contribution < 1.29 is 9.47 Å². The summed E-state index contributed by atoms with van der Waals surface area (Å²) in [4.78, 5) is 0. The summed E-state index contributed by atoms with van der Waals surface area (Å²) in [6, 6.07) is 5.53. The number of hydrogen-bond acceptors (Lipinski definition) is 5. The Morgan fingerprint density at radius 1 is 1.12 bits per heavy atom. The van der Waals surface area contributed by atoms with Crippen molar-refractivity contribution >= 4 is 22.9 Å². The Labute approximate surface area is 102 Å². The Kier molecular flexibility index (Phi) is 3.26. The van der Waals surface area contributed by atoms with Gasteiger partial charge in [0, 0.05) is 0 Å². The minimum absolute atomic E-state index is 0.392. The SMILES string of the molecule is COc1cccc(OC)c1-c1nnc(Cl)s1. The zero-order chi connectivity index (χ0) is 11.5. The van der Waals surface area contributed by atoms with Gasteiger partial charge in [0.05, 0.1) is 19.8 Å². The standard InChI is InChI=1S/C10H9ClN2O2S/c1-14-6-4-3-5-7(15-2)8(6)9-12-13-10(11)16-9/h3-5H,1-2H3. The van der Waals surface area contributed by atoms with E-state index >= 15 is 0 Å². The molecule has 0 bridgehead atoms. The smallest absolute Gasteiger partial charge is 0.207 e. The van der Waals surface area contributed by atoms with Crippen LogP contribution < -0.4 is 9.47 Å². The van der Waals surface area contributed by atoms with Crippen molar-refractivity contribution in [3.05, 3.63) is 22.7 Å². The number of halogens is 1. The molecule has 0 fully saturated rings. The molecule has 1 aromatic carbocycles. The number of hydrogen-bond donors (Lipinski definition) is 0. The van der Waals surface area contributed by atoms with Gasteiger partial charge in [0.1, 0.15) is 11.5 Å². The summed E-state index contributed by atoms with van der Waals surface area (Å²) in [5.41, 5.74) is 0.775. The van der Waals surface area contributed by atoms with E-state index in [-0.39, 0.29) is 0 Å². The van der Waals surface area contributed by atoms with E-state index in [0.717, 1.165) is 5.56 Å². The van der Waals surface area contributed by atoms with Crippen molar-refractivity contribution in [1.82, 2.24) is 10.2 Å². The number of methoxy groups -OCH3 is 2. The molecule has 2 rings (SSSR count). The first-order valence-electron chi connectivity index (χ1n) is 4.46. The van der Waals surface area contributed by atoms with Crippen molar-refractivity contribution in [2.24, 2.45) is 0 Å². The summed E-state index contributed by atoms with van der Waals surface area (Å²) in [5.74, 6) is 1.37. The van der Waals surface area contributed by atoms with Gasteiger partial charge >= 0.3 is 0 Å². The normalized spacial score (nSPS) is 10.2. The molecule has 0 radical (unpaired) electrons. The van der Waals surface area contributed by atoms with Crippen molar-refractivity contribution in [1.29, 1.82) is 0 Å². The third-order valence-electron chi connectivity index (χ3n) is 2.04. The highest BCUT2D eigenvalue weighted by Gasteiger charge is 2.16. The van der Waals surface area contributed by atoms with Crippen LogP contribution in [0.25, 0.3) is 10.6 Å². The number of ether oxygens (including phenoxy) is 2. The lowest BCUT2D eigenvalue weighted by Gasteiger charge is -2.09. The van der Waals surface area contributed by atoms with E-state index in [9.17, 15) is 0 Å². The molecule has 0 N–H and O–H groups in total. The average Bonchev–Trinajstić information content (AvgIpc) is 2.74. The summed E-state index contributed by atoms with van der Waals surface area (Å²) >= 11 is 7.05. The highest BCUT2D eigenvalue weighted by molar-refractivity contribution is 7.18. The molecule has 2 aromatic rings. The van der Waals surface area contributed by atoms with Gasteiger partial charge in [-0.05, 0) is 23.7 Å². The molecule has 0 aliphatic carbocycles. The lowest BCUT2D eigenvalue weighted by atomic mass is 10.2. The van der Waals surface area contributed by atoms with Crippen molar-refractivity contribution in [3.8, 4) is 22.1 Å². The van der Waals surface area contributed by atoms with Crippen LogP contribution in [0.4, 0.5) is 0 Å². The molecule has 0 aliphatic rings. The molecule has 0 atom stereocenters. The van der Waals surface area contributed by atoms with Crippen LogP contribution in [0.5, 0.6) is 11.5 Å². The molecule has 1 heterocycles. The Balaban J connectivity index is 2.60. The number of nitrogens with zero attached hydrogens (tertiary/aromatic N) is 2. The molecule has 16 heavy (non-hydrogen) atoms. The van der Waals surface area contributed by atoms with E-state index in [1.165, 1.54) is 11.3 Å². The third-order valence-corrected chi connectivity index (χ3v) is 3.08. The first-order chi connectivity index (χ1) is 7.76. The van der Waals surface area contributed by atoms with Crippen LogP contribution in [-0.2, 0) is 0 Å². The summed E-state index contributed by atoms with van der Waals surface area (Å²) in [6.45, 7) is 0. The molecule has 4 nitrogen and oxygen atoms in total.